The number of hydrogen-bond acceptors (Lipinski definition) is 7. The van der Waals surface area contributed by atoms with Crippen LogP contribution in [-0.4, -0.2) is 45.2 Å². The Labute approximate surface area is 246 Å². The molecule has 41 heavy (non-hydrogen) atoms. The third kappa shape index (κ3) is 10.4. The van der Waals surface area contributed by atoms with E-state index in [0.717, 1.165) is 44.1 Å². The van der Waals surface area contributed by atoms with Crippen molar-refractivity contribution >= 4 is 23.5 Å². The lowest BCUT2D eigenvalue weighted by Crippen LogP contribution is -2.05. The van der Waals surface area contributed by atoms with Crippen molar-refractivity contribution < 1.29 is 28.5 Å². The molecule has 0 aliphatic heterocycles. The van der Waals surface area contributed by atoms with E-state index in [2.05, 4.69) is 26.8 Å². The fourth-order valence-electron chi connectivity index (χ4n) is 4.59. The summed E-state index contributed by atoms with van der Waals surface area (Å²) < 4.78 is 23.0. The van der Waals surface area contributed by atoms with Crippen molar-refractivity contribution in [2.24, 2.45) is 10.9 Å². The molecule has 2 aromatic carbocycles. The Morgan fingerprint density at radius 2 is 1.39 bits per heavy atom. The highest BCUT2D eigenvalue weighted by atomic mass is 16.5. The molecule has 7 nitrogen and oxygen atoms in total. The zero-order chi connectivity index (χ0) is 30.4. The van der Waals surface area contributed by atoms with E-state index in [1.807, 2.05) is 19.2 Å². The second kappa shape index (κ2) is 17.3. The molecular weight excluding hydrogens is 518 g/mol. The largest absolute Gasteiger partial charge is 0.493 e. The molecule has 7 heteroatoms. The highest BCUT2D eigenvalue weighted by molar-refractivity contribution is 6.00. The summed E-state index contributed by atoms with van der Waals surface area (Å²) in [6.07, 6.45) is 9.70. The maximum absolute atomic E-state index is 12.4. The summed E-state index contributed by atoms with van der Waals surface area (Å²) >= 11 is 0. The summed E-state index contributed by atoms with van der Waals surface area (Å²) in [7, 11) is 3.14. The predicted molar refractivity (Wildman–Crippen MR) is 166 cm³/mol. The first-order chi connectivity index (χ1) is 19.6. The van der Waals surface area contributed by atoms with E-state index >= 15 is 0 Å². The maximum atomic E-state index is 12.4. The van der Waals surface area contributed by atoms with Crippen LogP contribution in [0.5, 0.6) is 23.0 Å². The molecule has 0 bridgehead atoms. The monoisotopic (exact) mass is 565 g/mol. The van der Waals surface area contributed by atoms with E-state index < -0.39 is 0 Å². The Kier molecular flexibility index (Phi) is 14.1. The van der Waals surface area contributed by atoms with Gasteiger partial charge in [0.15, 0.2) is 34.6 Å². The summed E-state index contributed by atoms with van der Waals surface area (Å²) in [4.78, 5) is 28.9. The van der Waals surface area contributed by atoms with E-state index in [1.165, 1.54) is 5.57 Å². The number of hydrogen-bond donors (Lipinski definition) is 0. The number of rotatable bonds is 18. The molecule has 224 valence electrons. The van der Waals surface area contributed by atoms with Crippen LogP contribution in [0.4, 0.5) is 5.69 Å². The summed E-state index contributed by atoms with van der Waals surface area (Å²) in [5, 5.41) is 0. The van der Waals surface area contributed by atoms with Crippen molar-refractivity contribution in [3.8, 4) is 23.0 Å². The van der Waals surface area contributed by atoms with Gasteiger partial charge >= 0.3 is 0 Å². The van der Waals surface area contributed by atoms with E-state index in [0.29, 0.717) is 58.9 Å². The Bertz CT molecular complexity index is 1230. The number of methoxy groups -OCH3 is 2. The van der Waals surface area contributed by atoms with Crippen LogP contribution in [0, 0.1) is 12.8 Å². The first-order valence-corrected chi connectivity index (χ1v) is 14.5. The number of aryl methyl sites for hydroxylation is 1. The summed E-state index contributed by atoms with van der Waals surface area (Å²) in [5.74, 6) is 2.52. The molecule has 0 N–H and O–H groups in total. The van der Waals surface area contributed by atoms with Crippen LogP contribution in [0.25, 0.3) is 0 Å². The number of Topliss-reactive ketones (excluding diaryl/α,β-unsaturated/α-hetero) is 2. The van der Waals surface area contributed by atoms with Gasteiger partial charge in [-0.1, -0.05) is 25.0 Å². The minimum atomic E-state index is -0.0681. The summed E-state index contributed by atoms with van der Waals surface area (Å²) in [5.41, 5.74) is 3.94. The van der Waals surface area contributed by atoms with Crippen molar-refractivity contribution in [1.82, 2.24) is 0 Å². The molecule has 1 atom stereocenters. The van der Waals surface area contributed by atoms with Gasteiger partial charge in [0.25, 0.3) is 0 Å². The second-order valence-electron chi connectivity index (χ2n) is 10.4. The number of nitrogens with zero attached hydrogens (tertiary/aromatic N) is 1. The molecule has 0 aliphatic rings. The van der Waals surface area contributed by atoms with E-state index in [4.69, 9.17) is 23.9 Å². The number of ether oxygens (including phenoxy) is 4. The standard InChI is InChI=1S/C34H47NO6/c1-9-14-27(17-23(3)10-2)22-35-30-21-34(32(39-8)20-29(30)26(6)37)41-16-13-11-12-15-40-33-18-24(4)28(25(5)36)19-31(33)38-7/h10,18-22,27H,9,11-17H2,1-8H3/b23-10-,35-22?. The van der Waals surface area contributed by atoms with E-state index in [1.54, 1.807) is 46.3 Å². The number of carbonyl (C=O) groups excluding carboxylic acids is 2. The quantitative estimate of drug-likeness (QED) is 0.0780. The lowest BCUT2D eigenvalue weighted by atomic mass is 9.96. The van der Waals surface area contributed by atoms with Gasteiger partial charge in [0.05, 0.1) is 33.1 Å². The maximum Gasteiger partial charge on any atom is 0.163 e. The predicted octanol–water partition coefficient (Wildman–Crippen LogP) is 8.52. The molecule has 0 amide bonds. The SMILES string of the molecule is C/C=C(/C)CC(C=Nc1cc(OCCCCCOc2cc(C)c(C(C)=O)cc2OC)c(OC)cc1C(C)=O)CCC. The fourth-order valence-corrected chi connectivity index (χ4v) is 4.59. The molecule has 0 aromatic heterocycles. The summed E-state index contributed by atoms with van der Waals surface area (Å²) in [6, 6.07) is 7.11. The molecule has 2 rings (SSSR count). The van der Waals surface area contributed by atoms with Crippen molar-refractivity contribution in [2.75, 3.05) is 27.4 Å². The Morgan fingerprint density at radius 3 is 1.90 bits per heavy atom. The van der Waals surface area contributed by atoms with Gasteiger partial charge in [-0.15, -0.1) is 0 Å². The van der Waals surface area contributed by atoms with Crippen molar-refractivity contribution in [1.29, 1.82) is 0 Å². The molecule has 0 heterocycles. The third-order valence-corrected chi connectivity index (χ3v) is 7.02. The molecule has 0 saturated heterocycles. The number of aliphatic imine (C=N–C) groups is 1. The highest BCUT2D eigenvalue weighted by Gasteiger charge is 2.16. The fraction of sp³-hybridized carbons (Fsp3) is 0.500. The number of carbonyl (C=O) groups is 2. The van der Waals surface area contributed by atoms with Crippen LogP contribution in [0.1, 0.15) is 99.4 Å². The molecule has 0 fully saturated rings. The number of benzene rings is 2. The van der Waals surface area contributed by atoms with Crippen LogP contribution in [-0.2, 0) is 0 Å². The smallest absolute Gasteiger partial charge is 0.163 e. The Morgan fingerprint density at radius 1 is 0.829 bits per heavy atom. The van der Waals surface area contributed by atoms with Crippen LogP contribution in [0.3, 0.4) is 0 Å². The Balaban J connectivity index is 2.00. The molecule has 0 aliphatic carbocycles. The van der Waals surface area contributed by atoms with Gasteiger partial charge in [0, 0.05) is 23.4 Å². The molecular formula is C34H47NO6. The van der Waals surface area contributed by atoms with Gasteiger partial charge < -0.3 is 18.9 Å². The van der Waals surface area contributed by atoms with Gasteiger partial charge in [-0.3, -0.25) is 14.6 Å². The minimum absolute atomic E-state index is 0.000918. The number of unbranched alkanes of at least 4 members (excludes halogenated alkanes) is 2. The first kappa shape index (κ1) is 33.6. The molecule has 2 aromatic rings. The van der Waals surface area contributed by atoms with E-state index in [-0.39, 0.29) is 11.6 Å². The Hall–Kier alpha value is -3.61. The molecule has 0 radical (unpaired) electrons. The number of ketones is 2. The second-order valence-corrected chi connectivity index (χ2v) is 10.4. The first-order valence-electron chi connectivity index (χ1n) is 14.5. The zero-order valence-electron chi connectivity index (χ0n) is 26.1. The lowest BCUT2D eigenvalue weighted by Gasteiger charge is -2.15. The van der Waals surface area contributed by atoms with Gasteiger partial charge in [0.1, 0.15) is 0 Å². The normalized spacial score (nSPS) is 12.3. The van der Waals surface area contributed by atoms with Crippen molar-refractivity contribution in [3.63, 3.8) is 0 Å². The highest BCUT2D eigenvalue weighted by Crippen LogP contribution is 2.36. The van der Waals surface area contributed by atoms with E-state index in [9.17, 15) is 9.59 Å². The van der Waals surface area contributed by atoms with Gasteiger partial charge in [-0.2, -0.15) is 0 Å². The van der Waals surface area contributed by atoms with Crippen LogP contribution in [0.2, 0.25) is 0 Å². The number of allylic oxidation sites excluding steroid dienone is 2. The molecule has 0 saturated carbocycles. The average molecular weight is 566 g/mol. The minimum Gasteiger partial charge on any atom is -0.493 e. The average Bonchev–Trinajstić information content (AvgIpc) is 2.94. The summed E-state index contributed by atoms with van der Waals surface area (Å²) in [6.45, 7) is 12.3. The third-order valence-electron chi connectivity index (χ3n) is 7.02. The van der Waals surface area contributed by atoms with Gasteiger partial charge in [0.2, 0.25) is 0 Å². The van der Waals surface area contributed by atoms with Crippen molar-refractivity contribution in [2.45, 2.75) is 80.1 Å². The van der Waals surface area contributed by atoms with Crippen LogP contribution in [0.15, 0.2) is 40.9 Å². The van der Waals surface area contributed by atoms with Crippen LogP contribution < -0.4 is 18.9 Å². The lowest BCUT2D eigenvalue weighted by molar-refractivity contribution is 0.100. The van der Waals surface area contributed by atoms with Crippen molar-refractivity contribution in [3.05, 3.63) is 52.6 Å². The zero-order valence-corrected chi connectivity index (χ0v) is 26.1. The van der Waals surface area contributed by atoms with Gasteiger partial charge in [-0.05, 0) is 96.4 Å². The molecule has 0 spiro atoms. The van der Waals surface area contributed by atoms with Gasteiger partial charge in [-0.25, -0.2) is 0 Å². The van der Waals surface area contributed by atoms with Crippen LogP contribution >= 0.6 is 0 Å². The topological polar surface area (TPSA) is 83.4 Å². The molecule has 1 unspecified atom stereocenters.